The molecule has 0 radical (unpaired) electrons. The summed E-state index contributed by atoms with van der Waals surface area (Å²) in [5.41, 5.74) is 1.93. The van der Waals surface area contributed by atoms with E-state index < -0.39 is 0 Å². The highest BCUT2D eigenvalue weighted by Gasteiger charge is 2.20. The number of para-hydroxylation sites is 1. The molecule has 0 aliphatic heterocycles. The van der Waals surface area contributed by atoms with E-state index in [0.717, 1.165) is 23.4 Å². The van der Waals surface area contributed by atoms with Crippen LogP contribution in [0.15, 0.2) is 42.5 Å². The van der Waals surface area contributed by atoms with E-state index in [1.54, 1.807) is 6.07 Å². The molecule has 0 amide bonds. The fourth-order valence-electron chi connectivity index (χ4n) is 2.14. The van der Waals surface area contributed by atoms with Crippen LogP contribution < -0.4 is 10.1 Å². The lowest BCUT2D eigenvalue weighted by atomic mass is 10.2. The van der Waals surface area contributed by atoms with Gasteiger partial charge in [0.1, 0.15) is 17.3 Å². The first-order chi connectivity index (χ1) is 9.72. The Morgan fingerprint density at radius 1 is 1.15 bits per heavy atom. The molecule has 3 heteroatoms. The van der Waals surface area contributed by atoms with E-state index >= 15 is 0 Å². The van der Waals surface area contributed by atoms with Crippen LogP contribution in [0.2, 0.25) is 0 Å². The van der Waals surface area contributed by atoms with Crippen molar-refractivity contribution in [3.63, 3.8) is 0 Å². The first-order valence-corrected chi connectivity index (χ1v) is 6.97. The van der Waals surface area contributed by atoms with Crippen LogP contribution in [0, 0.1) is 12.7 Å². The largest absolute Gasteiger partial charge is 0.457 e. The molecule has 2 aromatic rings. The Labute approximate surface area is 118 Å². The summed E-state index contributed by atoms with van der Waals surface area (Å²) in [6.07, 6.45) is 2.53. The van der Waals surface area contributed by atoms with Crippen LogP contribution in [0.4, 0.5) is 4.39 Å². The molecule has 0 aromatic heterocycles. The highest BCUT2D eigenvalue weighted by atomic mass is 19.1. The van der Waals surface area contributed by atoms with Crippen molar-refractivity contribution >= 4 is 0 Å². The van der Waals surface area contributed by atoms with Crippen LogP contribution in [0.25, 0.3) is 0 Å². The van der Waals surface area contributed by atoms with Gasteiger partial charge in [0.25, 0.3) is 0 Å². The van der Waals surface area contributed by atoms with Gasteiger partial charge in [-0.25, -0.2) is 4.39 Å². The molecule has 0 heterocycles. The fraction of sp³-hybridized carbons (Fsp3) is 0.294. The summed E-state index contributed by atoms with van der Waals surface area (Å²) < 4.78 is 19.1. The summed E-state index contributed by atoms with van der Waals surface area (Å²) >= 11 is 0. The Balaban J connectivity index is 1.78. The molecule has 20 heavy (non-hydrogen) atoms. The van der Waals surface area contributed by atoms with Gasteiger partial charge in [-0.1, -0.05) is 18.2 Å². The Morgan fingerprint density at radius 2 is 1.95 bits per heavy atom. The normalized spacial score (nSPS) is 14.3. The molecule has 1 saturated carbocycles. The molecule has 2 nitrogen and oxygen atoms in total. The molecule has 3 rings (SSSR count). The highest BCUT2D eigenvalue weighted by Crippen LogP contribution is 2.29. The Bertz CT molecular complexity index is 608. The maximum atomic E-state index is 13.1. The average molecular weight is 271 g/mol. The monoisotopic (exact) mass is 271 g/mol. The molecule has 1 N–H and O–H groups in total. The zero-order valence-corrected chi connectivity index (χ0v) is 11.5. The van der Waals surface area contributed by atoms with Gasteiger partial charge in [-0.05, 0) is 49.6 Å². The maximum absolute atomic E-state index is 13.1. The second kappa shape index (κ2) is 5.63. The van der Waals surface area contributed by atoms with E-state index in [2.05, 4.69) is 11.4 Å². The minimum absolute atomic E-state index is 0.237. The van der Waals surface area contributed by atoms with Crippen LogP contribution >= 0.6 is 0 Å². The molecule has 0 bridgehead atoms. The molecule has 104 valence electrons. The van der Waals surface area contributed by atoms with Gasteiger partial charge in [-0.2, -0.15) is 0 Å². The lowest BCUT2D eigenvalue weighted by Crippen LogP contribution is -2.15. The molecule has 1 aliphatic carbocycles. The molecular formula is C17H18FNO. The maximum Gasteiger partial charge on any atom is 0.131 e. The predicted molar refractivity (Wildman–Crippen MR) is 77.5 cm³/mol. The van der Waals surface area contributed by atoms with E-state index in [0.29, 0.717) is 11.8 Å². The van der Waals surface area contributed by atoms with Gasteiger partial charge in [0.05, 0.1) is 0 Å². The first-order valence-electron chi connectivity index (χ1n) is 6.97. The molecule has 0 spiro atoms. The lowest BCUT2D eigenvalue weighted by Gasteiger charge is -2.13. The van der Waals surface area contributed by atoms with Gasteiger partial charge in [0.15, 0.2) is 0 Å². The SMILES string of the molecule is Cc1cc(F)ccc1Oc1ccccc1CNC1CC1. The number of aryl methyl sites for hydroxylation is 1. The Morgan fingerprint density at radius 3 is 2.70 bits per heavy atom. The van der Waals surface area contributed by atoms with Crippen LogP contribution in [-0.4, -0.2) is 6.04 Å². The van der Waals surface area contributed by atoms with E-state index in [4.69, 9.17) is 4.74 Å². The van der Waals surface area contributed by atoms with E-state index in [9.17, 15) is 4.39 Å². The second-order valence-corrected chi connectivity index (χ2v) is 5.27. The smallest absolute Gasteiger partial charge is 0.131 e. The van der Waals surface area contributed by atoms with Gasteiger partial charge in [0.2, 0.25) is 0 Å². The standard InChI is InChI=1S/C17H18FNO/c1-12-10-14(18)6-9-16(12)20-17-5-3-2-4-13(17)11-19-15-7-8-15/h2-6,9-10,15,19H,7-8,11H2,1H3. The summed E-state index contributed by atoms with van der Waals surface area (Å²) in [7, 11) is 0. The summed E-state index contributed by atoms with van der Waals surface area (Å²) in [6.45, 7) is 2.66. The molecule has 1 fully saturated rings. The molecular weight excluding hydrogens is 253 g/mol. The molecule has 1 aliphatic rings. The number of benzene rings is 2. The average Bonchev–Trinajstić information content (AvgIpc) is 3.25. The zero-order chi connectivity index (χ0) is 13.9. The summed E-state index contributed by atoms with van der Waals surface area (Å²) in [5, 5.41) is 3.48. The van der Waals surface area contributed by atoms with Gasteiger partial charge in [-0.3, -0.25) is 0 Å². The van der Waals surface area contributed by atoms with Crippen molar-refractivity contribution < 1.29 is 9.13 Å². The van der Waals surface area contributed by atoms with E-state index in [1.165, 1.54) is 25.0 Å². The Kier molecular flexibility index (Phi) is 3.70. The number of nitrogens with one attached hydrogen (secondary N) is 1. The zero-order valence-electron chi connectivity index (χ0n) is 11.5. The van der Waals surface area contributed by atoms with E-state index in [1.807, 2.05) is 25.1 Å². The van der Waals surface area contributed by atoms with Crippen molar-refractivity contribution in [2.24, 2.45) is 0 Å². The third kappa shape index (κ3) is 3.17. The minimum atomic E-state index is -0.237. The van der Waals surface area contributed by atoms with Crippen molar-refractivity contribution in [2.45, 2.75) is 32.4 Å². The molecule has 2 aromatic carbocycles. The molecule has 0 atom stereocenters. The van der Waals surface area contributed by atoms with Crippen molar-refractivity contribution in [3.8, 4) is 11.5 Å². The van der Waals surface area contributed by atoms with Gasteiger partial charge in [0, 0.05) is 18.2 Å². The topological polar surface area (TPSA) is 21.3 Å². The van der Waals surface area contributed by atoms with Crippen molar-refractivity contribution in [1.29, 1.82) is 0 Å². The third-order valence-electron chi connectivity index (χ3n) is 3.49. The van der Waals surface area contributed by atoms with Crippen LogP contribution in [0.1, 0.15) is 24.0 Å². The number of hydrogen-bond acceptors (Lipinski definition) is 2. The minimum Gasteiger partial charge on any atom is -0.457 e. The predicted octanol–water partition coefficient (Wildman–Crippen LogP) is 4.18. The van der Waals surface area contributed by atoms with Crippen LogP contribution in [0.3, 0.4) is 0 Å². The van der Waals surface area contributed by atoms with Gasteiger partial charge >= 0.3 is 0 Å². The first kappa shape index (κ1) is 13.1. The lowest BCUT2D eigenvalue weighted by molar-refractivity contribution is 0.467. The van der Waals surface area contributed by atoms with Gasteiger partial charge in [-0.15, -0.1) is 0 Å². The van der Waals surface area contributed by atoms with Crippen LogP contribution in [0.5, 0.6) is 11.5 Å². The highest BCUT2D eigenvalue weighted by molar-refractivity contribution is 5.41. The van der Waals surface area contributed by atoms with Gasteiger partial charge < -0.3 is 10.1 Å². The third-order valence-corrected chi connectivity index (χ3v) is 3.49. The van der Waals surface area contributed by atoms with Crippen LogP contribution in [-0.2, 0) is 6.54 Å². The molecule has 0 unspecified atom stereocenters. The second-order valence-electron chi connectivity index (χ2n) is 5.27. The summed E-state index contributed by atoms with van der Waals surface area (Å²) in [6, 6.07) is 13.2. The van der Waals surface area contributed by atoms with Crippen molar-refractivity contribution in [1.82, 2.24) is 5.32 Å². The number of hydrogen-bond donors (Lipinski definition) is 1. The van der Waals surface area contributed by atoms with E-state index in [-0.39, 0.29) is 5.82 Å². The summed E-state index contributed by atoms with van der Waals surface area (Å²) in [5.74, 6) is 1.29. The van der Waals surface area contributed by atoms with Crippen molar-refractivity contribution in [3.05, 3.63) is 59.4 Å². The fourth-order valence-corrected chi connectivity index (χ4v) is 2.14. The van der Waals surface area contributed by atoms with Crippen molar-refractivity contribution in [2.75, 3.05) is 0 Å². The Hall–Kier alpha value is -1.87. The number of halogens is 1. The quantitative estimate of drug-likeness (QED) is 0.881. The number of ether oxygens (including phenoxy) is 1. The summed E-state index contributed by atoms with van der Waals surface area (Å²) in [4.78, 5) is 0. The number of rotatable bonds is 5. The molecule has 0 saturated heterocycles.